The van der Waals surface area contributed by atoms with E-state index in [2.05, 4.69) is 44.0 Å². The van der Waals surface area contributed by atoms with Crippen molar-refractivity contribution in [2.45, 2.75) is 52.4 Å². The van der Waals surface area contributed by atoms with Crippen LogP contribution in [0.15, 0.2) is 18.2 Å². The van der Waals surface area contributed by atoms with E-state index in [0.29, 0.717) is 5.41 Å². The van der Waals surface area contributed by atoms with E-state index in [0.717, 1.165) is 13.1 Å². The number of nitrogens with zero attached hydrogens (tertiary/aromatic N) is 1. The Balaban J connectivity index is 2.13. The summed E-state index contributed by atoms with van der Waals surface area (Å²) in [6.45, 7) is 6.26. The summed E-state index contributed by atoms with van der Waals surface area (Å²) in [6, 6.07) is 6.81. The smallest absolute Gasteiger partial charge is 0.0369 e. The van der Waals surface area contributed by atoms with Gasteiger partial charge in [-0.3, -0.25) is 0 Å². The fraction of sp³-hybridized carbons (Fsp3) is 0.667. The Labute approximate surface area is 124 Å². The van der Waals surface area contributed by atoms with Crippen LogP contribution in [-0.4, -0.2) is 20.1 Å². The molecule has 1 aliphatic rings. The number of nitrogens with two attached hydrogens (primary N) is 1. The molecule has 1 fully saturated rings. The summed E-state index contributed by atoms with van der Waals surface area (Å²) >= 11 is 0. The van der Waals surface area contributed by atoms with Gasteiger partial charge < -0.3 is 10.6 Å². The second-order valence-electron chi connectivity index (χ2n) is 6.82. The molecular formula is C18H30N2. The van der Waals surface area contributed by atoms with Gasteiger partial charge in [0, 0.05) is 24.7 Å². The molecule has 0 saturated heterocycles. The van der Waals surface area contributed by atoms with Crippen molar-refractivity contribution in [2.75, 3.05) is 25.0 Å². The van der Waals surface area contributed by atoms with Gasteiger partial charge in [-0.1, -0.05) is 31.7 Å². The molecule has 1 aromatic carbocycles. The normalized spacial score (nSPS) is 18.6. The van der Waals surface area contributed by atoms with E-state index in [9.17, 15) is 0 Å². The lowest BCUT2D eigenvalue weighted by Gasteiger charge is -2.36. The highest BCUT2D eigenvalue weighted by Crippen LogP contribution is 2.35. The SMILES string of the molecule is Cc1cc(C)cc(N(C)CC2(CN)CCCCCC2)c1. The van der Waals surface area contributed by atoms with E-state index in [4.69, 9.17) is 5.73 Å². The fourth-order valence-corrected chi connectivity index (χ4v) is 3.67. The Bertz CT molecular complexity index is 411. The maximum Gasteiger partial charge on any atom is 0.0369 e. The number of benzene rings is 1. The molecule has 2 heteroatoms. The zero-order valence-electron chi connectivity index (χ0n) is 13.4. The van der Waals surface area contributed by atoms with Crippen LogP contribution in [0.5, 0.6) is 0 Å². The van der Waals surface area contributed by atoms with Crippen molar-refractivity contribution in [3.05, 3.63) is 29.3 Å². The third-order valence-corrected chi connectivity index (χ3v) is 4.82. The van der Waals surface area contributed by atoms with E-state index >= 15 is 0 Å². The largest absolute Gasteiger partial charge is 0.374 e. The molecule has 0 aliphatic heterocycles. The second-order valence-corrected chi connectivity index (χ2v) is 6.82. The van der Waals surface area contributed by atoms with Crippen LogP contribution in [0.25, 0.3) is 0 Å². The third kappa shape index (κ3) is 3.76. The van der Waals surface area contributed by atoms with Crippen LogP contribution in [0, 0.1) is 19.3 Å². The van der Waals surface area contributed by atoms with E-state index in [1.165, 1.54) is 55.3 Å². The highest BCUT2D eigenvalue weighted by atomic mass is 15.1. The van der Waals surface area contributed by atoms with E-state index in [-0.39, 0.29) is 0 Å². The Morgan fingerprint density at radius 3 is 2.05 bits per heavy atom. The molecule has 112 valence electrons. The van der Waals surface area contributed by atoms with Gasteiger partial charge in [0.05, 0.1) is 0 Å². The van der Waals surface area contributed by atoms with Crippen molar-refractivity contribution in [3.63, 3.8) is 0 Å². The van der Waals surface area contributed by atoms with Crippen LogP contribution in [0.4, 0.5) is 5.69 Å². The van der Waals surface area contributed by atoms with Crippen molar-refractivity contribution >= 4 is 5.69 Å². The maximum absolute atomic E-state index is 6.17. The lowest BCUT2D eigenvalue weighted by molar-refractivity contribution is 0.262. The molecule has 0 atom stereocenters. The van der Waals surface area contributed by atoms with Crippen LogP contribution >= 0.6 is 0 Å². The molecule has 0 bridgehead atoms. The van der Waals surface area contributed by atoms with Gasteiger partial charge in [0.2, 0.25) is 0 Å². The molecule has 1 aliphatic carbocycles. The summed E-state index contributed by atoms with van der Waals surface area (Å²) in [6.07, 6.45) is 8.04. The number of aryl methyl sites for hydroxylation is 2. The van der Waals surface area contributed by atoms with E-state index in [1.807, 2.05) is 0 Å². The minimum atomic E-state index is 0.322. The first-order valence-electron chi connectivity index (χ1n) is 8.04. The highest BCUT2D eigenvalue weighted by Gasteiger charge is 2.30. The molecule has 0 aromatic heterocycles. The zero-order chi connectivity index (χ0) is 14.6. The van der Waals surface area contributed by atoms with Crippen molar-refractivity contribution in [1.29, 1.82) is 0 Å². The Morgan fingerprint density at radius 2 is 1.55 bits per heavy atom. The van der Waals surface area contributed by atoms with Gasteiger partial charge in [-0.2, -0.15) is 0 Å². The quantitative estimate of drug-likeness (QED) is 0.840. The first kappa shape index (κ1) is 15.4. The summed E-state index contributed by atoms with van der Waals surface area (Å²) < 4.78 is 0. The third-order valence-electron chi connectivity index (χ3n) is 4.82. The molecule has 0 radical (unpaired) electrons. The monoisotopic (exact) mass is 274 g/mol. The standard InChI is InChI=1S/C18H30N2/c1-15-10-16(2)12-17(11-15)20(3)14-18(13-19)8-6-4-5-7-9-18/h10-12H,4-9,13-14,19H2,1-3H3. The lowest BCUT2D eigenvalue weighted by atomic mass is 9.80. The molecule has 0 amide bonds. The molecule has 0 spiro atoms. The minimum absolute atomic E-state index is 0.322. The van der Waals surface area contributed by atoms with Crippen LogP contribution < -0.4 is 10.6 Å². The van der Waals surface area contributed by atoms with Gasteiger partial charge >= 0.3 is 0 Å². The molecule has 1 aromatic rings. The predicted molar refractivity (Wildman–Crippen MR) is 88.4 cm³/mol. The number of rotatable bonds is 4. The molecular weight excluding hydrogens is 244 g/mol. The molecule has 20 heavy (non-hydrogen) atoms. The van der Waals surface area contributed by atoms with Gasteiger partial charge in [0.1, 0.15) is 0 Å². The van der Waals surface area contributed by atoms with Gasteiger partial charge in [-0.05, 0) is 56.5 Å². The predicted octanol–water partition coefficient (Wildman–Crippen LogP) is 4.04. The van der Waals surface area contributed by atoms with Gasteiger partial charge in [-0.15, -0.1) is 0 Å². The first-order chi connectivity index (χ1) is 9.54. The van der Waals surface area contributed by atoms with Crippen molar-refractivity contribution in [1.82, 2.24) is 0 Å². The average molecular weight is 274 g/mol. The molecule has 1 saturated carbocycles. The molecule has 2 nitrogen and oxygen atoms in total. The second kappa shape index (κ2) is 6.62. The topological polar surface area (TPSA) is 29.3 Å². The van der Waals surface area contributed by atoms with Gasteiger partial charge in [0.25, 0.3) is 0 Å². The molecule has 0 unspecified atom stereocenters. The summed E-state index contributed by atoms with van der Waals surface area (Å²) in [5.41, 5.74) is 10.5. The van der Waals surface area contributed by atoms with Crippen LogP contribution in [0.3, 0.4) is 0 Å². The summed E-state index contributed by atoms with van der Waals surface area (Å²) in [4.78, 5) is 2.41. The Hall–Kier alpha value is -1.02. The molecule has 0 heterocycles. The molecule has 2 N–H and O–H groups in total. The average Bonchev–Trinajstić information content (AvgIpc) is 2.64. The minimum Gasteiger partial charge on any atom is -0.374 e. The summed E-state index contributed by atoms with van der Waals surface area (Å²) in [7, 11) is 2.22. The van der Waals surface area contributed by atoms with E-state index in [1.54, 1.807) is 0 Å². The van der Waals surface area contributed by atoms with Crippen molar-refractivity contribution in [3.8, 4) is 0 Å². The van der Waals surface area contributed by atoms with Crippen molar-refractivity contribution in [2.24, 2.45) is 11.1 Å². The van der Waals surface area contributed by atoms with Crippen LogP contribution in [0.1, 0.15) is 49.7 Å². The number of anilines is 1. The highest BCUT2D eigenvalue weighted by molar-refractivity contribution is 5.50. The fourth-order valence-electron chi connectivity index (χ4n) is 3.67. The van der Waals surface area contributed by atoms with E-state index < -0.39 is 0 Å². The number of hydrogen-bond donors (Lipinski definition) is 1. The Morgan fingerprint density at radius 1 is 1.00 bits per heavy atom. The van der Waals surface area contributed by atoms with Gasteiger partial charge in [-0.25, -0.2) is 0 Å². The summed E-state index contributed by atoms with van der Waals surface area (Å²) in [5.74, 6) is 0. The van der Waals surface area contributed by atoms with Crippen molar-refractivity contribution < 1.29 is 0 Å². The van der Waals surface area contributed by atoms with Crippen LogP contribution in [-0.2, 0) is 0 Å². The summed E-state index contributed by atoms with van der Waals surface area (Å²) in [5, 5.41) is 0. The molecule has 2 rings (SSSR count). The maximum atomic E-state index is 6.17. The number of hydrogen-bond acceptors (Lipinski definition) is 2. The first-order valence-corrected chi connectivity index (χ1v) is 8.04. The van der Waals surface area contributed by atoms with Crippen LogP contribution in [0.2, 0.25) is 0 Å². The lowest BCUT2D eigenvalue weighted by Crippen LogP contribution is -2.41. The Kier molecular flexibility index (Phi) is 5.09. The van der Waals surface area contributed by atoms with Gasteiger partial charge in [0.15, 0.2) is 0 Å². The zero-order valence-corrected chi connectivity index (χ0v) is 13.4.